The van der Waals surface area contributed by atoms with Crippen LogP contribution in [0, 0.1) is 5.82 Å². The van der Waals surface area contributed by atoms with E-state index in [2.05, 4.69) is 10.3 Å². The van der Waals surface area contributed by atoms with E-state index in [-0.39, 0.29) is 18.7 Å². The number of hydrogen-bond acceptors (Lipinski definition) is 3. The Morgan fingerprint density at radius 2 is 2.10 bits per heavy atom. The molecule has 1 aromatic carbocycles. The maximum atomic E-state index is 13.3. The molecule has 0 aliphatic rings. The lowest BCUT2D eigenvalue weighted by Crippen LogP contribution is -2.28. The summed E-state index contributed by atoms with van der Waals surface area (Å²) in [6, 6.07) is 9.12. The topological polar surface area (TPSA) is 51.2 Å². The molecule has 0 spiro atoms. The number of nitrogens with one attached hydrogen (secondary N) is 1. The summed E-state index contributed by atoms with van der Waals surface area (Å²) in [7, 11) is 0. The molecule has 0 radical (unpaired) electrons. The fourth-order valence-corrected chi connectivity index (χ4v) is 1.71. The molecule has 1 aromatic heterocycles. The van der Waals surface area contributed by atoms with Crippen molar-refractivity contribution in [2.45, 2.75) is 0 Å². The third-order valence-corrected chi connectivity index (χ3v) is 2.76. The van der Waals surface area contributed by atoms with Crippen molar-refractivity contribution in [3.05, 3.63) is 59.0 Å². The highest BCUT2D eigenvalue weighted by atomic mass is 35.5. The highest BCUT2D eigenvalue weighted by Gasteiger charge is 2.10. The molecule has 1 N–H and O–H groups in total. The van der Waals surface area contributed by atoms with Gasteiger partial charge in [-0.2, -0.15) is 0 Å². The van der Waals surface area contributed by atoms with Gasteiger partial charge in [-0.05, 0) is 24.3 Å². The van der Waals surface area contributed by atoms with Crippen LogP contribution in [0.5, 0.6) is 5.88 Å². The summed E-state index contributed by atoms with van der Waals surface area (Å²) >= 11 is 5.86. The van der Waals surface area contributed by atoms with Gasteiger partial charge < -0.3 is 10.1 Å². The van der Waals surface area contributed by atoms with Gasteiger partial charge in [0.25, 0.3) is 5.91 Å². The van der Waals surface area contributed by atoms with E-state index in [1.165, 1.54) is 18.2 Å². The van der Waals surface area contributed by atoms with Crippen molar-refractivity contribution in [1.82, 2.24) is 10.3 Å². The van der Waals surface area contributed by atoms with Gasteiger partial charge in [-0.15, -0.1) is 0 Å². The van der Waals surface area contributed by atoms with E-state index < -0.39 is 11.7 Å². The van der Waals surface area contributed by atoms with E-state index in [1.807, 2.05) is 0 Å². The van der Waals surface area contributed by atoms with Crippen LogP contribution in [-0.4, -0.2) is 24.0 Å². The Bertz CT molecular complexity index is 607. The van der Waals surface area contributed by atoms with E-state index in [0.717, 1.165) is 0 Å². The van der Waals surface area contributed by atoms with Crippen LogP contribution in [0.3, 0.4) is 0 Å². The number of carbonyl (C=O) groups excluding carboxylic acids is 1. The number of nitrogens with zero attached hydrogens (tertiary/aromatic N) is 1. The fourth-order valence-electron chi connectivity index (χ4n) is 1.53. The number of benzene rings is 1. The van der Waals surface area contributed by atoms with Gasteiger partial charge in [0.15, 0.2) is 0 Å². The van der Waals surface area contributed by atoms with E-state index in [4.69, 9.17) is 16.3 Å². The third kappa shape index (κ3) is 3.68. The van der Waals surface area contributed by atoms with Crippen LogP contribution in [0.4, 0.5) is 4.39 Å². The van der Waals surface area contributed by atoms with Crippen LogP contribution >= 0.6 is 11.6 Å². The summed E-state index contributed by atoms with van der Waals surface area (Å²) in [5.41, 5.74) is 0.00312. The monoisotopic (exact) mass is 294 g/mol. The van der Waals surface area contributed by atoms with Gasteiger partial charge in [-0.3, -0.25) is 4.79 Å². The fraction of sp³-hybridized carbons (Fsp3) is 0.143. The minimum Gasteiger partial charge on any atom is -0.475 e. The summed E-state index contributed by atoms with van der Waals surface area (Å²) < 4.78 is 18.6. The minimum atomic E-state index is -0.557. The predicted octanol–water partition coefficient (Wildman–Crippen LogP) is 2.68. The maximum Gasteiger partial charge on any atom is 0.254 e. The molecule has 4 nitrogen and oxygen atoms in total. The van der Waals surface area contributed by atoms with Crippen LogP contribution in [-0.2, 0) is 0 Å². The molecule has 0 unspecified atom stereocenters. The van der Waals surface area contributed by atoms with Crippen molar-refractivity contribution in [1.29, 1.82) is 0 Å². The molecule has 0 saturated heterocycles. The molecule has 0 fully saturated rings. The summed E-state index contributed by atoms with van der Waals surface area (Å²) in [5.74, 6) is -0.744. The number of ether oxygens (including phenoxy) is 1. The molecule has 0 aliphatic heterocycles. The first-order valence-corrected chi connectivity index (χ1v) is 6.32. The first-order valence-electron chi connectivity index (χ1n) is 5.94. The normalized spacial score (nSPS) is 10.1. The predicted molar refractivity (Wildman–Crippen MR) is 73.5 cm³/mol. The lowest BCUT2D eigenvalue weighted by atomic mass is 10.2. The molecule has 2 rings (SSSR count). The van der Waals surface area contributed by atoms with E-state index >= 15 is 0 Å². The lowest BCUT2D eigenvalue weighted by Gasteiger charge is -2.08. The van der Waals surface area contributed by atoms with Crippen molar-refractivity contribution in [2.24, 2.45) is 0 Å². The highest BCUT2D eigenvalue weighted by Crippen LogP contribution is 2.19. The van der Waals surface area contributed by atoms with E-state index in [0.29, 0.717) is 10.9 Å². The Morgan fingerprint density at radius 1 is 1.30 bits per heavy atom. The average Bonchev–Trinajstić information content (AvgIpc) is 2.45. The van der Waals surface area contributed by atoms with Crippen LogP contribution in [0.25, 0.3) is 0 Å². The van der Waals surface area contributed by atoms with Crippen molar-refractivity contribution in [3.8, 4) is 5.88 Å². The number of pyridine rings is 1. The van der Waals surface area contributed by atoms with Gasteiger partial charge in [-0.1, -0.05) is 23.7 Å². The second-order valence-corrected chi connectivity index (χ2v) is 4.28. The van der Waals surface area contributed by atoms with Crippen molar-refractivity contribution in [2.75, 3.05) is 13.2 Å². The number of amides is 1. The third-order valence-electron chi connectivity index (χ3n) is 2.47. The van der Waals surface area contributed by atoms with Gasteiger partial charge in [0.1, 0.15) is 17.4 Å². The number of halogens is 2. The SMILES string of the molecule is O=C(NCCOc1ncccc1Cl)c1ccccc1F. The van der Waals surface area contributed by atoms with Gasteiger partial charge in [0, 0.05) is 6.20 Å². The number of rotatable bonds is 5. The lowest BCUT2D eigenvalue weighted by molar-refractivity contribution is 0.0942. The maximum absolute atomic E-state index is 13.3. The van der Waals surface area contributed by atoms with Gasteiger partial charge in [0.05, 0.1) is 12.1 Å². The van der Waals surface area contributed by atoms with Crippen LogP contribution in [0.15, 0.2) is 42.6 Å². The second-order valence-electron chi connectivity index (χ2n) is 3.87. The Labute approximate surface area is 120 Å². The molecule has 0 atom stereocenters. The zero-order valence-electron chi connectivity index (χ0n) is 10.5. The first-order chi connectivity index (χ1) is 9.68. The zero-order valence-corrected chi connectivity index (χ0v) is 11.2. The summed E-state index contributed by atoms with van der Waals surface area (Å²) in [6.45, 7) is 0.414. The van der Waals surface area contributed by atoms with Crippen molar-refractivity contribution >= 4 is 17.5 Å². The summed E-state index contributed by atoms with van der Waals surface area (Å²) in [4.78, 5) is 15.6. The molecular weight excluding hydrogens is 283 g/mol. The largest absolute Gasteiger partial charge is 0.475 e. The molecule has 104 valence electrons. The standard InChI is InChI=1S/C14H12ClFN2O2/c15-11-5-3-7-18-14(11)20-9-8-17-13(19)10-4-1-2-6-12(10)16/h1-7H,8-9H2,(H,17,19). The van der Waals surface area contributed by atoms with Crippen molar-refractivity contribution in [3.63, 3.8) is 0 Å². The molecule has 0 bridgehead atoms. The Hall–Kier alpha value is -2.14. The highest BCUT2D eigenvalue weighted by molar-refractivity contribution is 6.31. The van der Waals surface area contributed by atoms with Crippen LogP contribution in [0.1, 0.15) is 10.4 Å². The van der Waals surface area contributed by atoms with E-state index in [9.17, 15) is 9.18 Å². The van der Waals surface area contributed by atoms with E-state index in [1.54, 1.807) is 24.4 Å². The molecule has 2 aromatic rings. The molecular formula is C14H12ClFN2O2. The van der Waals surface area contributed by atoms with Crippen LogP contribution < -0.4 is 10.1 Å². The second kappa shape index (κ2) is 6.86. The summed E-state index contributed by atoms with van der Waals surface area (Å²) in [5, 5.41) is 2.95. The molecule has 1 heterocycles. The smallest absolute Gasteiger partial charge is 0.254 e. The number of carbonyl (C=O) groups is 1. The average molecular weight is 295 g/mol. The van der Waals surface area contributed by atoms with Gasteiger partial charge >= 0.3 is 0 Å². The molecule has 20 heavy (non-hydrogen) atoms. The molecule has 0 aliphatic carbocycles. The Morgan fingerprint density at radius 3 is 2.85 bits per heavy atom. The minimum absolute atomic E-state index is 0.00312. The van der Waals surface area contributed by atoms with Gasteiger partial charge in [0.2, 0.25) is 5.88 Å². The van der Waals surface area contributed by atoms with Crippen LogP contribution in [0.2, 0.25) is 5.02 Å². The Kier molecular flexibility index (Phi) is 4.90. The number of aromatic nitrogens is 1. The molecule has 6 heteroatoms. The van der Waals surface area contributed by atoms with Crippen molar-refractivity contribution < 1.29 is 13.9 Å². The Balaban J connectivity index is 1.81. The zero-order chi connectivity index (χ0) is 14.4. The molecule has 1 amide bonds. The van der Waals surface area contributed by atoms with Gasteiger partial charge in [-0.25, -0.2) is 9.37 Å². The molecule has 0 saturated carbocycles. The summed E-state index contributed by atoms with van der Waals surface area (Å²) in [6.07, 6.45) is 1.55. The first kappa shape index (κ1) is 14.3. The quantitative estimate of drug-likeness (QED) is 0.863. The number of hydrogen-bond donors (Lipinski definition) is 1.